The average molecular weight is 241 g/mol. The average Bonchev–Trinajstić information content (AvgIpc) is 2.67. The maximum absolute atomic E-state index is 12.2. The molecule has 3 rings (SSSR count). The van der Waals surface area contributed by atoms with Crippen molar-refractivity contribution >= 4 is 11.6 Å². The lowest BCUT2D eigenvalue weighted by Gasteiger charge is -2.14. The number of aromatic nitrogens is 1. The van der Waals surface area contributed by atoms with Crippen molar-refractivity contribution in [3.63, 3.8) is 0 Å². The van der Waals surface area contributed by atoms with Crippen LogP contribution in [0.2, 0.25) is 0 Å². The largest absolute Gasteiger partial charge is 0.508 e. The number of aromatic hydroxyl groups is 1. The van der Waals surface area contributed by atoms with E-state index in [2.05, 4.69) is 0 Å². The van der Waals surface area contributed by atoms with Gasteiger partial charge in [0.05, 0.1) is 12.2 Å². The highest BCUT2D eigenvalue weighted by molar-refractivity contribution is 6.10. The molecular weight excluding hydrogens is 228 g/mol. The Morgan fingerprint density at radius 3 is 2.67 bits per heavy atom. The molecule has 1 N–H and O–H groups in total. The number of pyridine rings is 1. The number of nitrogens with zero attached hydrogens (tertiary/aromatic N) is 2. The number of anilines is 1. The summed E-state index contributed by atoms with van der Waals surface area (Å²) in [4.78, 5) is 13.9. The Bertz CT molecular complexity index is 620. The molecule has 2 heterocycles. The molecule has 1 aliphatic heterocycles. The van der Waals surface area contributed by atoms with Gasteiger partial charge in [0, 0.05) is 17.7 Å². The number of fused-ring (bicyclic) bond motifs is 1. The van der Waals surface area contributed by atoms with Crippen molar-refractivity contribution < 1.29 is 14.5 Å². The number of hydrogen-bond acceptors (Lipinski definition) is 2. The molecule has 1 amide bonds. The lowest BCUT2D eigenvalue weighted by molar-refractivity contribution is -0.671. The molecule has 0 unspecified atom stereocenters. The Labute approximate surface area is 105 Å². The first kappa shape index (κ1) is 10.8. The SMILES string of the molecule is C[n+]1ccc(N2Cc3cc(O)ccc3C2=O)cc1. The Morgan fingerprint density at radius 1 is 1.22 bits per heavy atom. The zero-order valence-corrected chi connectivity index (χ0v) is 10.00. The van der Waals surface area contributed by atoms with Gasteiger partial charge < -0.3 is 10.0 Å². The minimum atomic E-state index is -0.0150. The molecule has 1 aromatic heterocycles. The summed E-state index contributed by atoms with van der Waals surface area (Å²) in [5.41, 5.74) is 2.41. The Kier molecular flexibility index (Phi) is 2.30. The molecule has 0 bridgehead atoms. The summed E-state index contributed by atoms with van der Waals surface area (Å²) >= 11 is 0. The highest BCUT2D eigenvalue weighted by Gasteiger charge is 2.28. The number of benzene rings is 1. The fourth-order valence-corrected chi connectivity index (χ4v) is 2.19. The first-order valence-electron chi connectivity index (χ1n) is 5.74. The summed E-state index contributed by atoms with van der Waals surface area (Å²) in [6.07, 6.45) is 3.81. The smallest absolute Gasteiger partial charge is 0.258 e. The van der Waals surface area contributed by atoms with Crippen molar-refractivity contribution in [2.24, 2.45) is 7.05 Å². The van der Waals surface area contributed by atoms with Crippen LogP contribution in [0.15, 0.2) is 42.7 Å². The van der Waals surface area contributed by atoms with Crippen LogP contribution in [-0.2, 0) is 13.6 Å². The van der Waals surface area contributed by atoms with Crippen LogP contribution < -0.4 is 9.47 Å². The molecule has 4 heteroatoms. The van der Waals surface area contributed by atoms with Gasteiger partial charge >= 0.3 is 0 Å². The van der Waals surface area contributed by atoms with Gasteiger partial charge in [0.1, 0.15) is 12.8 Å². The summed E-state index contributed by atoms with van der Waals surface area (Å²) in [6.45, 7) is 0.510. The fourth-order valence-electron chi connectivity index (χ4n) is 2.19. The van der Waals surface area contributed by atoms with E-state index in [9.17, 15) is 9.90 Å². The van der Waals surface area contributed by atoms with E-state index < -0.39 is 0 Å². The zero-order valence-electron chi connectivity index (χ0n) is 10.00. The van der Waals surface area contributed by atoms with Gasteiger partial charge in [0.25, 0.3) is 5.91 Å². The van der Waals surface area contributed by atoms with Crippen LogP contribution in [0.4, 0.5) is 5.69 Å². The fraction of sp³-hybridized carbons (Fsp3) is 0.143. The summed E-state index contributed by atoms with van der Waals surface area (Å²) in [6, 6.07) is 8.69. The van der Waals surface area contributed by atoms with Crippen LogP contribution in [0.25, 0.3) is 0 Å². The monoisotopic (exact) mass is 241 g/mol. The Morgan fingerprint density at radius 2 is 1.94 bits per heavy atom. The normalized spacial score (nSPS) is 13.8. The van der Waals surface area contributed by atoms with Gasteiger partial charge in [-0.3, -0.25) is 4.79 Å². The number of rotatable bonds is 1. The van der Waals surface area contributed by atoms with Crippen molar-refractivity contribution in [2.75, 3.05) is 4.90 Å². The summed E-state index contributed by atoms with van der Waals surface area (Å²) in [5, 5.41) is 9.44. The molecule has 0 fully saturated rings. The van der Waals surface area contributed by atoms with Crippen LogP contribution in [0.3, 0.4) is 0 Å². The summed E-state index contributed by atoms with van der Waals surface area (Å²) < 4.78 is 1.92. The first-order chi connectivity index (χ1) is 8.65. The number of aryl methyl sites for hydroxylation is 1. The van der Waals surface area contributed by atoms with Crippen LogP contribution in [0, 0.1) is 0 Å². The maximum atomic E-state index is 12.2. The summed E-state index contributed by atoms with van der Waals surface area (Å²) in [7, 11) is 1.93. The molecule has 0 radical (unpaired) electrons. The highest BCUT2D eigenvalue weighted by atomic mass is 16.3. The second-order valence-electron chi connectivity index (χ2n) is 4.45. The molecule has 2 aromatic rings. The van der Waals surface area contributed by atoms with E-state index in [0.29, 0.717) is 12.1 Å². The van der Waals surface area contributed by atoms with Crippen molar-refractivity contribution in [2.45, 2.75) is 6.54 Å². The van der Waals surface area contributed by atoms with E-state index in [1.54, 1.807) is 23.1 Å². The molecule has 4 nitrogen and oxygen atoms in total. The first-order valence-corrected chi connectivity index (χ1v) is 5.74. The van der Waals surface area contributed by atoms with Gasteiger partial charge in [-0.15, -0.1) is 0 Å². The van der Waals surface area contributed by atoms with Crippen molar-refractivity contribution in [1.29, 1.82) is 0 Å². The van der Waals surface area contributed by atoms with Crippen LogP contribution in [0.1, 0.15) is 15.9 Å². The van der Waals surface area contributed by atoms with E-state index in [4.69, 9.17) is 0 Å². The molecule has 1 aliphatic rings. The number of phenolic OH excluding ortho intramolecular Hbond substituents is 1. The quantitative estimate of drug-likeness (QED) is 0.766. The third-order valence-electron chi connectivity index (χ3n) is 3.17. The van der Waals surface area contributed by atoms with E-state index in [-0.39, 0.29) is 11.7 Å². The number of amides is 1. The van der Waals surface area contributed by atoms with Crippen LogP contribution in [-0.4, -0.2) is 11.0 Å². The second-order valence-corrected chi connectivity index (χ2v) is 4.45. The number of hydrogen-bond donors (Lipinski definition) is 1. The predicted octanol–water partition coefficient (Wildman–Crippen LogP) is 1.38. The third-order valence-corrected chi connectivity index (χ3v) is 3.17. The maximum Gasteiger partial charge on any atom is 0.258 e. The van der Waals surface area contributed by atoms with Crippen molar-refractivity contribution in [3.05, 3.63) is 53.9 Å². The van der Waals surface area contributed by atoms with Gasteiger partial charge in [-0.25, -0.2) is 4.57 Å². The second kappa shape index (κ2) is 3.84. The number of carbonyl (C=O) groups is 1. The van der Waals surface area contributed by atoms with Crippen molar-refractivity contribution in [1.82, 2.24) is 0 Å². The molecule has 0 saturated heterocycles. The Balaban J connectivity index is 1.99. The van der Waals surface area contributed by atoms with Gasteiger partial charge in [-0.05, 0) is 23.8 Å². The topological polar surface area (TPSA) is 44.4 Å². The Hall–Kier alpha value is -2.36. The lowest BCUT2D eigenvalue weighted by Crippen LogP contribution is -2.28. The molecule has 0 aliphatic carbocycles. The van der Waals surface area contributed by atoms with E-state index in [1.807, 2.05) is 36.1 Å². The minimum Gasteiger partial charge on any atom is -0.508 e. The minimum absolute atomic E-state index is 0.0150. The van der Waals surface area contributed by atoms with Crippen LogP contribution in [0.5, 0.6) is 5.75 Å². The lowest BCUT2D eigenvalue weighted by atomic mass is 10.1. The van der Waals surface area contributed by atoms with Gasteiger partial charge in [-0.1, -0.05) is 0 Å². The standard InChI is InChI=1S/C14H12N2O2/c1-15-6-4-11(5-7-15)16-9-10-8-12(17)2-3-13(10)14(16)18/h2-8H,9H2,1H3/p+1. The van der Waals surface area contributed by atoms with E-state index in [1.165, 1.54) is 0 Å². The van der Waals surface area contributed by atoms with Crippen LogP contribution >= 0.6 is 0 Å². The molecule has 18 heavy (non-hydrogen) atoms. The highest BCUT2D eigenvalue weighted by Crippen LogP contribution is 2.29. The van der Waals surface area contributed by atoms with E-state index in [0.717, 1.165) is 11.3 Å². The molecule has 0 saturated carbocycles. The van der Waals surface area contributed by atoms with E-state index >= 15 is 0 Å². The van der Waals surface area contributed by atoms with Gasteiger partial charge in [0.15, 0.2) is 12.4 Å². The summed E-state index contributed by atoms with van der Waals surface area (Å²) in [5.74, 6) is 0.182. The molecule has 1 aromatic carbocycles. The number of carbonyl (C=O) groups excluding carboxylic acids is 1. The third kappa shape index (κ3) is 1.62. The van der Waals surface area contributed by atoms with Crippen molar-refractivity contribution in [3.8, 4) is 5.75 Å². The number of phenols is 1. The molecule has 90 valence electrons. The zero-order chi connectivity index (χ0) is 12.7. The van der Waals surface area contributed by atoms with Gasteiger partial charge in [0.2, 0.25) is 0 Å². The molecule has 0 spiro atoms. The predicted molar refractivity (Wildman–Crippen MR) is 66.2 cm³/mol. The van der Waals surface area contributed by atoms with Gasteiger partial charge in [-0.2, -0.15) is 0 Å². The molecular formula is C14H13N2O2+. The molecule has 0 atom stereocenters.